The van der Waals surface area contributed by atoms with Gasteiger partial charge in [0.25, 0.3) is 5.91 Å². The molecule has 0 fully saturated rings. The highest BCUT2D eigenvalue weighted by molar-refractivity contribution is 7.13. The summed E-state index contributed by atoms with van der Waals surface area (Å²) < 4.78 is 18.7. The van der Waals surface area contributed by atoms with Crippen molar-refractivity contribution in [2.75, 3.05) is 13.2 Å². The van der Waals surface area contributed by atoms with E-state index in [0.29, 0.717) is 28.8 Å². The fourth-order valence-corrected chi connectivity index (χ4v) is 3.61. The first-order valence-electron chi connectivity index (χ1n) is 8.06. The van der Waals surface area contributed by atoms with E-state index in [1.54, 1.807) is 24.3 Å². The molecular formula is C19H15Cl2FN2O2S. The summed E-state index contributed by atoms with van der Waals surface area (Å²) in [6.07, 6.45) is 0.569. The SMILES string of the molecule is O=C(COc1ccc(Cl)cc1Cl)NCCc1csc(-c2cccc(F)c2)n1. The van der Waals surface area contributed by atoms with Crippen molar-refractivity contribution in [3.8, 4) is 16.3 Å². The monoisotopic (exact) mass is 424 g/mol. The normalized spacial score (nSPS) is 10.6. The van der Waals surface area contributed by atoms with Gasteiger partial charge in [-0.15, -0.1) is 11.3 Å². The Kier molecular flexibility index (Phi) is 6.66. The van der Waals surface area contributed by atoms with Crippen LogP contribution >= 0.6 is 34.5 Å². The van der Waals surface area contributed by atoms with Crippen molar-refractivity contribution in [2.45, 2.75) is 6.42 Å². The number of hydrogen-bond acceptors (Lipinski definition) is 4. The van der Waals surface area contributed by atoms with E-state index in [9.17, 15) is 9.18 Å². The third-order valence-corrected chi connectivity index (χ3v) is 5.05. The van der Waals surface area contributed by atoms with Gasteiger partial charge in [0.05, 0.1) is 10.7 Å². The molecule has 0 aliphatic carbocycles. The summed E-state index contributed by atoms with van der Waals surface area (Å²) >= 11 is 13.2. The lowest BCUT2D eigenvalue weighted by molar-refractivity contribution is -0.123. The summed E-state index contributed by atoms with van der Waals surface area (Å²) in [5.41, 5.74) is 1.57. The second-order valence-corrected chi connectivity index (χ2v) is 7.32. The second-order valence-electron chi connectivity index (χ2n) is 5.62. The van der Waals surface area contributed by atoms with Crippen molar-refractivity contribution in [2.24, 2.45) is 0 Å². The topological polar surface area (TPSA) is 51.2 Å². The van der Waals surface area contributed by atoms with Crippen LogP contribution in [0.3, 0.4) is 0 Å². The zero-order valence-corrected chi connectivity index (χ0v) is 16.4. The number of benzene rings is 2. The highest BCUT2D eigenvalue weighted by Crippen LogP contribution is 2.27. The van der Waals surface area contributed by atoms with Gasteiger partial charge in [0, 0.05) is 28.9 Å². The number of ether oxygens (including phenoxy) is 1. The van der Waals surface area contributed by atoms with Gasteiger partial charge in [-0.2, -0.15) is 0 Å². The molecule has 0 aliphatic heterocycles. The fraction of sp³-hybridized carbons (Fsp3) is 0.158. The number of halogens is 3. The van der Waals surface area contributed by atoms with Gasteiger partial charge in [-0.3, -0.25) is 4.79 Å². The summed E-state index contributed by atoms with van der Waals surface area (Å²) in [5, 5.41) is 6.26. The smallest absolute Gasteiger partial charge is 0.257 e. The Morgan fingerprint density at radius 2 is 2.07 bits per heavy atom. The third kappa shape index (κ3) is 5.66. The van der Waals surface area contributed by atoms with Crippen molar-refractivity contribution in [3.63, 3.8) is 0 Å². The van der Waals surface area contributed by atoms with Crippen LogP contribution in [0.5, 0.6) is 5.75 Å². The molecule has 0 aliphatic rings. The number of thiazole rings is 1. The number of carbonyl (C=O) groups excluding carboxylic acids is 1. The molecule has 8 heteroatoms. The lowest BCUT2D eigenvalue weighted by Crippen LogP contribution is -2.30. The van der Waals surface area contributed by atoms with Crippen molar-refractivity contribution in [1.82, 2.24) is 10.3 Å². The van der Waals surface area contributed by atoms with Crippen LogP contribution in [0.1, 0.15) is 5.69 Å². The van der Waals surface area contributed by atoms with E-state index in [2.05, 4.69) is 10.3 Å². The van der Waals surface area contributed by atoms with Gasteiger partial charge in [0.2, 0.25) is 0 Å². The summed E-state index contributed by atoms with van der Waals surface area (Å²) in [7, 11) is 0. The molecule has 27 heavy (non-hydrogen) atoms. The molecule has 1 heterocycles. The molecule has 1 amide bonds. The number of nitrogens with one attached hydrogen (secondary N) is 1. The predicted octanol–water partition coefficient (Wildman–Crippen LogP) is 4.99. The van der Waals surface area contributed by atoms with Gasteiger partial charge in [0.15, 0.2) is 6.61 Å². The molecule has 0 spiro atoms. The van der Waals surface area contributed by atoms with Gasteiger partial charge in [-0.1, -0.05) is 35.3 Å². The highest BCUT2D eigenvalue weighted by atomic mass is 35.5. The van der Waals surface area contributed by atoms with Crippen LogP contribution in [0, 0.1) is 5.82 Å². The first-order valence-corrected chi connectivity index (χ1v) is 9.70. The maximum absolute atomic E-state index is 13.3. The molecule has 0 saturated heterocycles. The molecule has 0 bridgehead atoms. The van der Waals surface area contributed by atoms with Crippen molar-refractivity contribution < 1.29 is 13.9 Å². The van der Waals surface area contributed by atoms with Crippen LogP contribution in [0.25, 0.3) is 10.6 Å². The van der Waals surface area contributed by atoms with E-state index < -0.39 is 0 Å². The lowest BCUT2D eigenvalue weighted by Gasteiger charge is -2.08. The largest absolute Gasteiger partial charge is 0.482 e. The van der Waals surface area contributed by atoms with Crippen molar-refractivity contribution in [3.05, 3.63) is 69.4 Å². The number of carbonyl (C=O) groups is 1. The van der Waals surface area contributed by atoms with E-state index in [4.69, 9.17) is 27.9 Å². The van der Waals surface area contributed by atoms with Crippen molar-refractivity contribution >= 4 is 40.4 Å². The van der Waals surface area contributed by atoms with Crippen LogP contribution in [0.4, 0.5) is 4.39 Å². The minimum absolute atomic E-state index is 0.146. The van der Waals surface area contributed by atoms with Gasteiger partial charge < -0.3 is 10.1 Å². The average molecular weight is 425 g/mol. The fourth-order valence-electron chi connectivity index (χ4n) is 2.29. The Hall–Kier alpha value is -2.15. The van der Waals surface area contributed by atoms with E-state index in [-0.39, 0.29) is 18.3 Å². The van der Waals surface area contributed by atoms with Crippen LogP contribution < -0.4 is 10.1 Å². The summed E-state index contributed by atoms with van der Waals surface area (Å²) in [4.78, 5) is 16.4. The lowest BCUT2D eigenvalue weighted by atomic mass is 10.2. The summed E-state index contributed by atoms with van der Waals surface area (Å²) in [6, 6.07) is 11.1. The number of rotatable bonds is 7. The average Bonchev–Trinajstić information content (AvgIpc) is 3.10. The van der Waals surface area contributed by atoms with E-state index in [1.165, 1.54) is 23.5 Å². The first kappa shape index (κ1) is 19.6. The van der Waals surface area contributed by atoms with Gasteiger partial charge in [0.1, 0.15) is 16.6 Å². The minimum Gasteiger partial charge on any atom is -0.482 e. The maximum atomic E-state index is 13.3. The second kappa shape index (κ2) is 9.17. The Balaban J connectivity index is 1.45. The quantitative estimate of drug-likeness (QED) is 0.580. The molecular weight excluding hydrogens is 410 g/mol. The predicted molar refractivity (Wildman–Crippen MR) is 106 cm³/mol. The Morgan fingerprint density at radius 3 is 2.85 bits per heavy atom. The highest BCUT2D eigenvalue weighted by Gasteiger charge is 2.08. The molecule has 3 aromatic rings. The van der Waals surface area contributed by atoms with E-state index >= 15 is 0 Å². The molecule has 0 radical (unpaired) electrons. The van der Waals surface area contributed by atoms with Crippen LogP contribution in [0.15, 0.2) is 47.8 Å². The number of hydrogen-bond donors (Lipinski definition) is 1. The van der Waals surface area contributed by atoms with Crippen molar-refractivity contribution in [1.29, 1.82) is 0 Å². The zero-order chi connectivity index (χ0) is 19.2. The third-order valence-electron chi connectivity index (χ3n) is 3.58. The summed E-state index contributed by atoms with van der Waals surface area (Å²) in [6.45, 7) is 0.274. The van der Waals surface area contributed by atoms with Gasteiger partial charge >= 0.3 is 0 Å². The van der Waals surface area contributed by atoms with Crippen LogP contribution in [-0.4, -0.2) is 24.0 Å². The summed E-state index contributed by atoms with van der Waals surface area (Å²) in [5.74, 6) is -0.158. The molecule has 0 unspecified atom stereocenters. The molecule has 3 rings (SSSR count). The molecule has 4 nitrogen and oxygen atoms in total. The number of nitrogens with zero attached hydrogens (tertiary/aromatic N) is 1. The standard InChI is InChI=1S/C19H15Cl2FN2O2S/c20-13-4-5-17(16(21)9-13)26-10-18(25)23-7-6-15-11-27-19(24-15)12-2-1-3-14(22)8-12/h1-5,8-9,11H,6-7,10H2,(H,23,25). The van der Waals surface area contributed by atoms with Crippen LogP contribution in [-0.2, 0) is 11.2 Å². The Morgan fingerprint density at radius 1 is 1.22 bits per heavy atom. The van der Waals surface area contributed by atoms with E-state index in [1.807, 2.05) is 11.4 Å². The molecule has 140 valence electrons. The van der Waals surface area contributed by atoms with Gasteiger partial charge in [-0.25, -0.2) is 9.37 Å². The molecule has 0 saturated carbocycles. The first-order chi connectivity index (χ1) is 13.0. The molecule has 1 aromatic heterocycles. The Bertz CT molecular complexity index is 949. The van der Waals surface area contributed by atoms with Crippen LogP contribution in [0.2, 0.25) is 10.0 Å². The molecule has 0 atom stereocenters. The zero-order valence-electron chi connectivity index (χ0n) is 14.0. The Labute approximate surface area is 169 Å². The maximum Gasteiger partial charge on any atom is 0.257 e. The van der Waals surface area contributed by atoms with Gasteiger partial charge in [-0.05, 0) is 30.3 Å². The molecule has 2 aromatic carbocycles. The number of amides is 1. The molecule has 1 N–H and O–H groups in total. The number of aromatic nitrogens is 1. The minimum atomic E-state index is -0.294. The van der Waals surface area contributed by atoms with E-state index in [0.717, 1.165) is 16.3 Å².